The molecule has 0 radical (unpaired) electrons. The van der Waals surface area contributed by atoms with E-state index >= 15 is 0 Å². The molecular formula is C25H32N8O3. The molecule has 3 fully saturated rings. The molecule has 3 aliphatic heterocycles. The van der Waals surface area contributed by atoms with Crippen molar-refractivity contribution in [3.05, 3.63) is 30.0 Å². The smallest absolute Gasteiger partial charge is 0.300 e. The first-order chi connectivity index (χ1) is 17.6. The van der Waals surface area contributed by atoms with Crippen LogP contribution in [0.2, 0.25) is 0 Å². The first-order valence-electron chi connectivity index (χ1n) is 12.8. The number of nitrogens with zero attached hydrogens (tertiary/aromatic N) is 6. The van der Waals surface area contributed by atoms with Crippen molar-refractivity contribution in [3.8, 4) is 0 Å². The molecule has 1 atom stereocenters. The normalized spacial score (nSPS) is 20.8. The predicted octanol–water partition coefficient (Wildman–Crippen LogP) is 2.23. The Hall–Kier alpha value is -3.44. The minimum absolute atomic E-state index is 0.137. The number of hydrogen-bond acceptors (Lipinski definition) is 10. The average molecular weight is 493 g/mol. The molecule has 3 saturated heterocycles. The van der Waals surface area contributed by atoms with Crippen molar-refractivity contribution in [2.75, 3.05) is 72.5 Å². The first kappa shape index (κ1) is 23.0. The molecular weight excluding hydrogens is 460 g/mol. The number of nitrogens with two attached hydrogens (primary N) is 1. The van der Waals surface area contributed by atoms with Gasteiger partial charge in [0.1, 0.15) is 11.5 Å². The molecule has 0 saturated carbocycles. The molecule has 6 heterocycles. The SMILES string of the molecule is N[C@H]1CCN(c2cccc(C(=O)Nc3cc4oc(N5CCOCC5)nc4nc3N3CCCCC3)n2)C1. The highest BCUT2D eigenvalue weighted by Gasteiger charge is 2.25. The van der Waals surface area contributed by atoms with Crippen LogP contribution in [0.3, 0.4) is 0 Å². The number of anilines is 4. The number of carbonyl (C=O) groups is 1. The van der Waals surface area contributed by atoms with Gasteiger partial charge in [0.25, 0.3) is 11.9 Å². The summed E-state index contributed by atoms with van der Waals surface area (Å²) in [4.78, 5) is 33.9. The fourth-order valence-corrected chi connectivity index (χ4v) is 5.08. The summed E-state index contributed by atoms with van der Waals surface area (Å²) in [6, 6.07) is 8.02. The van der Waals surface area contributed by atoms with Crippen LogP contribution in [0.4, 0.5) is 23.3 Å². The van der Waals surface area contributed by atoms with E-state index in [4.69, 9.17) is 19.9 Å². The van der Waals surface area contributed by atoms with Gasteiger partial charge in [-0.3, -0.25) is 4.79 Å². The Morgan fingerprint density at radius 1 is 0.972 bits per heavy atom. The largest absolute Gasteiger partial charge is 0.422 e. The van der Waals surface area contributed by atoms with E-state index in [-0.39, 0.29) is 11.9 Å². The zero-order valence-electron chi connectivity index (χ0n) is 20.4. The lowest BCUT2D eigenvalue weighted by Gasteiger charge is -2.29. The van der Waals surface area contributed by atoms with Gasteiger partial charge in [-0.05, 0) is 37.8 Å². The number of morpholine rings is 1. The summed E-state index contributed by atoms with van der Waals surface area (Å²) in [7, 11) is 0. The van der Waals surface area contributed by atoms with Gasteiger partial charge in [0, 0.05) is 51.4 Å². The van der Waals surface area contributed by atoms with Crippen molar-refractivity contribution in [2.24, 2.45) is 5.73 Å². The number of rotatable bonds is 5. The molecule has 0 aromatic carbocycles. The lowest BCUT2D eigenvalue weighted by atomic mass is 10.1. The third kappa shape index (κ3) is 4.68. The number of nitrogens with one attached hydrogen (secondary N) is 1. The summed E-state index contributed by atoms with van der Waals surface area (Å²) in [6.45, 7) is 6.09. The second kappa shape index (κ2) is 9.90. The van der Waals surface area contributed by atoms with E-state index in [1.54, 1.807) is 6.07 Å². The Labute approximate surface area is 209 Å². The Morgan fingerprint density at radius 3 is 2.58 bits per heavy atom. The number of carbonyl (C=O) groups excluding carboxylic acids is 1. The number of piperidine rings is 1. The monoisotopic (exact) mass is 492 g/mol. The summed E-state index contributed by atoms with van der Waals surface area (Å²) < 4.78 is 11.5. The molecule has 0 bridgehead atoms. The van der Waals surface area contributed by atoms with Gasteiger partial charge in [-0.15, -0.1) is 0 Å². The number of aromatic nitrogens is 3. The number of pyridine rings is 2. The molecule has 0 aliphatic carbocycles. The fraction of sp³-hybridized carbons (Fsp3) is 0.520. The summed E-state index contributed by atoms with van der Waals surface area (Å²) in [5, 5.41) is 3.06. The number of oxazole rings is 1. The maximum atomic E-state index is 13.3. The fourth-order valence-electron chi connectivity index (χ4n) is 5.08. The molecule has 36 heavy (non-hydrogen) atoms. The summed E-state index contributed by atoms with van der Waals surface area (Å²) >= 11 is 0. The van der Waals surface area contributed by atoms with Crippen molar-refractivity contribution in [3.63, 3.8) is 0 Å². The van der Waals surface area contributed by atoms with Crippen molar-refractivity contribution < 1.29 is 13.9 Å². The molecule has 3 N–H and O–H groups in total. The molecule has 3 aromatic rings. The lowest BCUT2D eigenvalue weighted by Crippen LogP contribution is -2.36. The van der Waals surface area contributed by atoms with Crippen LogP contribution in [-0.4, -0.2) is 79.4 Å². The Morgan fingerprint density at radius 2 is 1.81 bits per heavy atom. The number of fused-ring (bicyclic) bond motifs is 1. The number of ether oxygens (including phenoxy) is 1. The van der Waals surface area contributed by atoms with Crippen molar-refractivity contribution >= 4 is 40.5 Å². The van der Waals surface area contributed by atoms with Crippen LogP contribution in [-0.2, 0) is 4.74 Å². The molecule has 11 heteroatoms. The minimum Gasteiger partial charge on any atom is -0.422 e. The molecule has 190 valence electrons. The van der Waals surface area contributed by atoms with Gasteiger partial charge in [-0.1, -0.05) is 6.07 Å². The van der Waals surface area contributed by atoms with Gasteiger partial charge in [0.05, 0.1) is 18.9 Å². The molecule has 1 amide bonds. The highest BCUT2D eigenvalue weighted by Crippen LogP contribution is 2.32. The minimum atomic E-state index is -0.285. The number of hydrogen-bond donors (Lipinski definition) is 2. The molecule has 0 unspecified atom stereocenters. The number of amides is 1. The standard InChI is InChI=1S/C25H32N8O3/c26-17-7-10-33(16-17)21-6-4-5-18(27-21)24(34)28-19-15-20-22(29-23(19)31-8-2-1-3-9-31)30-25(36-20)32-11-13-35-14-12-32/h4-6,15,17H,1-3,7-14,16,26H2,(H,28,34)/t17-/m0/s1. The maximum absolute atomic E-state index is 13.3. The van der Waals surface area contributed by atoms with Crippen LogP contribution in [0.25, 0.3) is 11.2 Å². The third-order valence-electron chi connectivity index (χ3n) is 7.05. The van der Waals surface area contributed by atoms with Gasteiger partial charge in [0.2, 0.25) is 5.65 Å². The molecule has 3 aromatic heterocycles. The lowest BCUT2D eigenvalue weighted by molar-refractivity contribution is 0.102. The van der Waals surface area contributed by atoms with E-state index in [1.165, 1.54) is 6.42 Å². The second-order valence-electron chi connectivity index (χ2n) is 9.65. The predicted molar refractivity (Wildman–Crippen MR) is 138 cm³/mol. The highest BCUT2D eigenvalue weighted by atomic mass is 16.5. The average Bonchev–Trinajstić information content (AvgIpc) is 3.55. The van der Waals surface area contributed by atoms with E-state index < -0.39 is 0 Å². The third-order valence-corrected chi connectivity index (χ3v) is 7.05. The Bertz CT molecular complexity index is 1240. The van der Waals surface area contributed by atoms with E-state index in [0.29, 0.717) is 41.8 Å². The molecule has 6 rings (SSSR count). The summed E-state index contributed by atoms with van der Waals surface area (Å²) in [5.41, 5.74) is 8.10. The van der Waals surface area contributed by atoms with E-state index in [0.717, 1.165) is 70.2 Å². The van der Waals surface area contributed by atoms with Crippen LogP contribution in [0.15, 0.2) is 28.7 Å². The van der Waals surface area contributed by atoms with Gasteiger partial charge in [-0.25, -0.2) is 9.97 Å². The quantitative estimate of drug-likeness (QED) is 0.547. The van der Waals surface area contributed by atoms with Crippen LogP contribution in [0, 0.1) is 0 Å². The van der Waals surface area contributed by atoms with Crippen molar-refractivity contribution in [1.82, 2.24) is 15.0 Å². The van der Waals surface area contributed by atoms with Crippen LogP contribution in [0.5, 0.6) is 0 Å². The zero-order valence-corrected chi connectivity index (χ0v) is 20.4. The van der Waals surface area contributed by atoms with Gasteiger partial charge < -0.3 is 34.9 Å². The van der Waals surface area contributed by atoms with Crippen LogP contribution in [0.1, 0.15) is 36.2 Å². The summed E-state index contributed by atoms with van der Waals surface area (Å²) in [6.07, 6.45) is 4.30. The van der Waals surface area contributed by atoms with E-state index in [2.05, 4.69) is 30.0 Å². The first-order valence-corrected chi connectivity index (χ1v) is 12.8. The molecule has 3 aliphatic rings. The topological polar surface area (TPSA) is 126 Å². The van der Waals surface area contributed by atoms with Crippen molar-refractivity contribution in [1.29, 1.82) is 0 Å². The van der Waals surface area contributed by atoms with E-state index in [1.807, 2.05) is 18.2 Å². The Kier molecular flexibility index (Phi) is 6.32. The van der Waals surface area contributed by atoms with Gasteiger partial charge in [0.15, 0.2) is 11.4 Å². The maximum Gasteiger partial charge on any atom is 0.300 e. The van der Waals surface area contributed by atoms with Crippen LogP contribution >= 0.6 is 0 Å². The van der Waals surface area contributed by atoms with Crippen LogP contribution < -0.4 is 25.8 Å². The molecule has 0 spiro atoms. The van der Waals surface area contributed by atoms with E-state index in [9.17, 15) is 4.79 Å². The van der Waals surface area contributed by atoms with Gasteiger partial charge >= 0.3 is 0 Å². The highest BCUT2D eigenvalue weighted by molar-refractivity contribution is 6.05. The summed E-state index contributed by atoms with van der Waals surface area (Å²) in [5.74, 6) is 1.21. The molecule has 11 nitrogen and oxygen atoms in total. The second-order valence-corrected chi connectivity index (χ2v) is 9.65. The van der Waals surface area contributed by atoms with Crippen molar-refractivity contribution in [2.45, 2.75) is 31.7 Å². The Balaban J connectivity index is 1.30. The van der Waals surface area contributed by atoms with Gasteiger partial charge in [-0.2, -0.15) is 4.98 Å². The zero-order chi connectivity index (χ0) is 24.5.